The zero-order valence-corrected chi connectivity index (χ0v) is 74.4. The van der Waals surface area contributed by atoms with Gasteiger partial charge in [-0.25, -0.2) is 19.9 Å². The van der Waals surface area contributed by atoms with Gasteiger partial charge in [0.2, 0.25) is 0 Å². The zero-order chi connectivity index (χ0) is 80.4. The normalized spacial score (nSPS) is 17.9. The molecule has 606 valence electrons. The molecule has 15 aromatic rings. The van der Waals surface area contributed by atoms with Gasteiger partial charge >= 0.3 is 41.5 Å². The van der Waals surface area contributed by atoms with Crippen LogP contribution in [0.4, 0.5) is 85.7 Å². The Balaban J connectivity index is 0.000000155. The van der Waals surface area contributed by atoms with Crippen LogP contribution in [0.2, 0.25) is 0 Å². The number of hydrogen-bond donors (Lipinski definition) is 0. The van der Waals surface area contributed by atoms with Gasteiger partial charge in [0.15, 0.2) is 0 Å². The van der Waals surface area contributed by atoms with Crippen LogP contribution >= 0.6 is 0 Å². The summed E-state index contributed by atoms with van der Waals surface area (Å²) in [5.74, 6) is 3.92. The average Bonchev–Trinajstić information content (AvgIpc) is 1.52. The van der Waals surface area contributed by atoms with Crippen LogP contribution in [0.3, 0.4) is 0 Å². The zero-order valence-electron chi connectivity index (χ0n) is 70.5. The molecule has 24 rings (SSSR count). The van der Waals surface area contributed by atoms with Crippen molar-refractivity contribution in [3.8, 4) is 5.82 Å². The van der Waals surface area contributed by atoms with Crippen LogP contribution in [0.1, 0.15) is 240 Å². The van der Waals surface area contributed by atoms with E-state index in [0.717, 1.165) is 80.0 Å². The monoisotopic (exact) mass is 1850 g/mol. The van der Waals surface area contributed by atoms with E-state index in [4.69, 9.17) is 19.9 Å². The largest absolute Gasteiger partial charge is 2.00 e. The summed E-state index contributed by atoms with van der Waals surface area (Å²) >= 11 is 0. The molecule has 0 aliphatic carbocycles. The van der Waals surface area contributed by atoms with Crippen LogP contribution in [0.25, 0.3) is 27.6 Å². The maximum absolute atomic E-state index is 5.16. The first kappa shape index (κ1) is 79.7. The first-order valence-electron chi connectivity index (χ1n) is 41.6. The Bertz CT molecular complexity index is 6990. The van der Waals surface area contributed by atoms with Gasteiger partial charge in [-0.1, -0.05) is 318 Å². The Kier molecular flexibility index (Phi) is 17.1. The van der Waals surface area contributed by atoms with E-state index < -0.39 is 0 Å². The minimum atomic E-state index is -0.308. The molecule has 10 nitrogen and oxygen atoms in total. The predicted molar refractivity (Wildman–Crippen MR) is 490 cm³/mol. The molecule has 12 heteroatoms. The van der Waals surface area contributed by atoms with Crippen molar-refractivity contribution in [3.05, 3.63) is 355 Å². The summed E-state index contributed by atoms with van der Waals surface area (Å²) in [6, 6.07) is 93.2. The van der Waals surface area contributed by atoms with Crippen molar-refractivity contribution in [2.24, 2.45) is 0 Å². The Hall–Kier alpha value is -11.0. The fourth-order valence-corrected chi connectivity index (χ4v) is 22.8. The molecule has 121 heavy (non-hydrogen) atoms. The maximum Gasteiger partial charge on any atom is 2.00 e. The summed E-state index contributed by atoms with van der Waals surface area (Å²) in [5.41, 5.74) is 36.0. The van der Waals surface area contributed by atoms with Crippen molar-refractivity contribution in [1.29, 1.82) is 0 Å². The summed E-state index contributed by atoms with van der Waals surface area (Å²) < 4.78 is 2.36. The smallest absolute Gasteiger partial charge is 0.358 e. The molecular formula is C109H100N10PdPt. The number of fused-ring (bicyclic) bond motifs is 21. The SMILES string of the molecule is C.C.CC1(C)c2cc3c([c-]c2N(c2[c-]c4c(cc2)C(C)(C)c2cccc5c2N4c2ncccc2C5(C)C)c2ccccc21)N1c2ncccc2C(C)(C)c2cccc(c21)C3(C)C.CC1(C)c2cc3c([c-]c2N(c2[c-]c4c(cc2)c2cccc5c2n4-c2ncccc2C5(C)C)c2ccccc21)N1c2ncccc2C(C)(C)c2cccc(c21)C3(C)C.[Pd+2].[Pt+2]. The van der Waals surface area contributed by atoms with Crippen molar-refractivity contribution in [2.45, 2.75) is 188 Å². The molecule has 0 fully saturated rings. The molecule has 14 heterocycles. The molecule has 9 aliphatic rings. The van der Waals surface area contributed by atoms with E-state index in [2.05, 4.69) is 384 Å². The number of hydrogen-bond acceptors (Lipinski definition) is 9. The average molecular weight is 1850 g/mol. The molecule has 10 aromatic carbocycles. The van der Waals surface area contributed by atoms with Crippen molar-refractivity contribution in [2.75, 3.05) is 24.5 Å². The standard InChI is InChI=1S/C55H49N5.C52H43N5.2CH4.Pd.Pt/c1-51(2)34-26-25-32(29-44(34)59-47-35(51)18-13-19-36(47)53(5,6)39-22-15-27-56-49(39)59)58-43-24-12-11-17-33(43)52(3,4)41-30-42-46(31-45(41)58)60-48-37(20-14-21-38(48)55(42,9)10)54(7,8)40-23-16-28-57-50(40)60;1-49(2)33-16-9-10-22-41(33)55(30-23-24-31-32-15-11-17-34-45(32)56(42(31)27-30)47-37(50(34,3)4)20-13-25-53-47)43-29-44-40(28-39(43)49)52(7,8)36-19-12-18-35-46(36)57(44)48-38(51(35,5)6)21-14-26-54-48;;;;/h11-28,30H,1-10H3;9-26,28H,1-8H3;2*1H4;;/q2*-2;;;2*+2. The van der Waals surface area contributed by atoms with Crippen LogP contribution in [0.15, 0.2) is 231 Å². The molecule has 0 saturated heterocycles. The fraction of sp³-hybridized carbons (Fsp3) is 0.266. The number of aromatic nitrogens is 5. The van der Waals surface area contributed by atoms with Crippen molar-refractivity contribution >= 4 is 108 Å². The number of anilines is 15. The molecule has 0 saturated carbocycles. The second-order valence-corrected chi connectivity index (χ2v) is 38.8. The van der Waals surface area contributed by atoms with Crippen molar-refractivity contribution in [1.82, 2.24) is 24.5 Å². The topological polar surface area (TPSA) is 72.7 Å². The van der Waals surface area contributed by atoms with Gasteiger partial charge in [0.1, 0.15) is 23.3 Å². The first-order chi connectivity index (χ1) is 55.9. The molecule has 0 radical (unpaired) electrons. The molecule has 0 atom stereocenters. The molecule has 0 amide bonds. The third-order valence-corrected chi connectivity index (χ3v) is 29.4. The summed E-state index contributed by atoms with van der Waals surface area (Å²) in [4.78, 5) is 32.6. The van der Waals surface area contributed by atoms with Gasteiger partial charge in [0.25, 0.3) is 0 Å². The third kappa shape index (κ3) is 10.0. The minimum absolute atomic E-state index is 0. The Morgan fingerprint density at radius 2 is 0.529 bits per heavy atom. The van der Waals surface area contributed by atoms with E-state index in [0.29, 0.717) is 0 Å². The molecular weight excluding hydrogens is 1750 g/mol. The molecule has 5 aromatic heterocycles. The number of para-hydroxylation sites is 6. The van der Waals surface area contributed by atoms with Crippen molar-refractivity contribution in [3.63, 3.8) is 0 Å². The molecule has 0 spiro atoms. The van der Waals surface area contributed by atoms with Crippen LogP contribution in [-0.4, -0.2) is 24.5 Å². The van der Waals surface area contributed by atoms with Crippen LogP contribution in [-0.2, 0) is 90.2 Å². The summed E-state index contributed by atoms with van der Waals surface area (Å²) in [6.07, 6.45) is 7.72. The fourth-order valence-electron chi connectivity index (χ4n) is 22.8. The van der Waals surface area contributed by atoms with Crippen LogP contribution in [0, 0.1) is 24.3 Å². The number of pyridine rings is 4. The van der Waals surface area contributed by atoms with E-state index in [-0.39, 0.29) is 105 Å². The Morgan fingerprint density at radius 3 is 0.942 bits per heavy atom. The quantitative estimate of drug-likeness (QED) is 0.124. The first-order valence-corrected chi connectivity index (χ1v) is 41.6. The number of benzene rings is 10. The Labute approximate surface area is 741 Å². The van der Waals surface area contributed by atoms with Gasteiger partial charge in [-0.3, -0.25) is 0 Å². The second kappa shape index (κ2) is 26.0. The van der Waals surface area contributed by atoms with Gasteiger partial charge in [-0.2, -0.15) is 24.3 Å². The van der Waals surface area contributed by atoms with Gasteiger partial charge in [-0.05, 0) is 119 Å². The Morgan fingerprint density at radius 1 is 0.240 bits per heavy atom. The van der Waals surface area contributed by atoms with Gasteiger partial charge in [0.05, 0.1) is 17.1 Å². The predicted octanol–water partition coefficient (Wildman–Crippen LogP) is 27.6. The summed E-state index contributed by atoms with van der Waals surface area (Å²) in [7, 11) is 0. The minimum Gasteiger partial charge on any atom is -0.358 e. The van der Waals surface area contributed by atoms with Gasteiger partial charge in [0, 0.05) is 85.6 Å². The number of rotatable bonds is 2. The molecule has 0 N–H and O–H groups in total. The number of nitrogens with zero attached hydrogens (tertiary/aromatic N) is 10. The van der Waals surface area contributed by atoms with Crippen LogP contribution in [0.5, 0.6) is 0 Å². The maximum atomic E-state index is 5.16. The van der Waals surface area contributed by atoms with E-state index in [9.17, 15) is 0 Å². The third-order valence-electron chi connectivity index (χ3n) is 29.4. The second-order valence-electron chi connectivity index (χ2n) is 38.8. The van der Waals surface area contributed by atoms with Gasteiger partial charge in [-0.15, -0.1) is 69.6 Å². The van der Waals surface area contributed by atoms with E-state index in [1.165, 1.54) is 133 Å². The van der Waals surface area contributed by atoms with E-state index in [1.54, 1.807) is 0 Å². The molecule has 0 bridgehead atoms. The van der Waals surface area contributed by atoms with Crippen molar-refractivity contribution < 1.29 is 41.5 Å². The van der Waals surface area contributed by atoms with E-state index in [1.807, 2.05) is 24.8 Å². The molecule has 0 unspecified atom stereocenters. The summed E-state index contributed by atoms with van der Waals surface area (Å²) in [5, 5.41) is 2.40. The van der Waals surface area contributed by atoms with Gasteiger partial charge < -0.3 is 29.1 Å². The van der Waals surface area contributed by atoms with E-state index >= 15 is 0 Å². The summed E-state index contributed by atoms with van der Waals surface area (Å²) in [6.45, 7) is 42.4. The molecule has 9 aliphatic heterocycles. The van der Waals surface area contributed by atoms with Crippen LogP contribution < -0.4 is 24.5 Å².